The predicted molar refractivity (Wildman–Crippen MR) is 123 cm³/mol. The highest BCUT2D eigenvalue weighted by molar-refractivity contribution is 5.90. The number of nitrogens with zero attached hydrogens (tertiary/aromatic N) is 2. The van der Waals surface area contributed by atoms with Crippen LogP contribution in [0.1, 0.15) is 24.0 Å². The lowest BCUT2D eigenvalue weighted by atomic mass is 10.1. The molecule has 0 spiro atoms. The van der Waals surface area contributed by atoms with Gasteiger partial charge in [0, 0.05) is 57.5 Å². The van der Waals surface area contributed by atoms with Gasteiger partial charge < -0.3 is 19.7 Å². The third kappa shape index (κ3) is 5.38. The van der Waals surface area contributed by atoms with E-state index < -0.39 is 0 Å². The van der Waals surface area contributed by atoms with Gasteiger partial charge in [-0.3, -0.25) is 4.90 Å². The number of rotatable bonds is 9. The zero-order valence-corrected chi connectivity index (χ0v) is 18.5. The minimum Gasteiger partial charge on any atom is -0.494 e. The Morgan fingerprint density at radius 3 is 2.58 bits per heavy atom. The maximum absolute atomic E-state index is 12.8. The Labute approximate surface area is 185 Å². The summed E-state index contributed by atoms with van der Waals surface area (Å²) in [4.78, 5) is 17.4. The van der Waals surface area contributed by atoms with Gasteiger partial charge in [-0.15, -0.1) is 0 Å². The van der Waals surface area contributed by atoms with Gasteiger partial charge in [0.2, 0.25) is 0 Å². The summed E-state index contributed by atoms with van der Waals surface area (Å²) in [5.41, 5.74) is 3.58. The number of anilines is 1. The van der Waals surface area contributed by atoms with Gasteiger partial charge in [0.15, 0.2) is 0 Å². The number of methoxy groups -OCH3 is 1. The molecule has 2 bridgehead atoms. The summed E-state index contributed by atoms with van der Waals surface area (Å²) in [6.45, 7) is 6.33. The van der Waals surface area contributed by atoms with E-state index in [1.54, 1.807) is 7.11 Å². The molecule has 2 amide bonds. The molecular weight excluding hydrogens is 390 g/mol. The van der Waals surface area contributed by atoms with E-state index in [1.807, 2.05) is 29.2 Å². The summed E-state index contributed by atoms with van der Waals surface area (Å²) in [6, 6.07) is 17.0. The molecule has 2 heterocycles. The monoisotopic (exact) mass is 423 g/mol. The van der Waals surface area contributed by atoms with Gasteiger partial charge in [-0.1, -0.05) is 24.3 Å². The Hall–Kier alpha value is -2.57. The van der Waals surface area contributed by atoms with Crippen molar-refractivity contribution >= 4 is 11.7 Å². The number of benzene rings is 2. The molecule has 2 fully saturated rings. The van der Waals surface area contributed by atoms with Crippen LogP contribution in [0.2, 0.25) is 0 Å². The molecule has 0 aliphatic carbocycles. The summed E-state index contributed by atoms with van der Waals surface area (Å²) in [6.07, 6.45) is 3.01. The van der Waals surface area contributed by atoms with Crippen molar-refractivity contribution in [3.8, 4) is 5.75 Å². The summed E-state index contributed by atoms with van der Waals surface area (Å²) in [5.74, 6) is 0.804. The smallest absolute Gasteiger partial charge is 0.322 e. The molecule has 2 aliphatic heterocycles. The Balaban J connectivity index is 1.23. The minimum absolute atomic E-state index is 0.000170. The van der Waals surface area contributed by atoms with Crippen molar-refractivity contribution in [1.29, 1.82) is 0 Å². The molecule has 2 saturated heterocycles. The van der Waals surface area contributed by atoms with Crippen molar-refractivity contribution in [3.05, 3.63) is 59.7 Å². The number of hydrogen-bond donors (Lipinski definition) is 1. The maximum Gasteiger partial charge on any atom is 0.322 e. The average molecular weight is 424 g/mol. The molecule has 2 aromatic rings. The van der Waals surface area contributed by atoms with Crippen LogP contribution in [0.5, 0.6) is 5.75 Å². The van der Waals surface area contributed by atoms with Crippen molar-refractivity contribution in [2.45, 2.75) is 38.3 Å². The lowest BCUT2D eigenvalue weighted by Crippen LogP contribution is -2.50. The highest BCUT2D eigenvalue weighted by Gasteiger charge is 2.44. The van der Waals surface area contributed by atoms with Crippen LogP contribution in [0.25, 0.3) is 0 Å². The van der Waals surface area contributed by atoms with Crippen molar-refractivity contribution in [2.24, 2.45) is 0 Å². The van der Waals surface area contributed by atoms with Crippen LogP contribution in [0.15, 0.2) is 48.5 Å². The molecule has 2 atom stereocenters. The molecule has 0 radical (unpaired) electrons. The molecule has 6 heteroatoms. The van der Waals surface area contributed by atoms with E-state index in [0.717, 1.165) is 50.3 Å². The number of urea groups is 1. The van der Waals surface area contributed by atoms with E-state index in [9.17, 15) is 4.79 Å². The van der Waals surface area contributed by atoms with E-state index >= 15 is 0 Å². The number of piperazine rings is 1. The number of ether oxygens (including phenoxy) is 2. The second kappa shape index (κ2) is 10.2. The van der Waals surface area contributed by atoms with E-state index in [0.29, 0.717) is 25.3 Å². The Morgan fingerprint density at radius 1 is 1.06 bits per heavy atom. The number of hydrogen-bond acceptors (Lipinski definition) is 4. The average Bonchev–Trinajstić information content (AvgIpc) is 3.38. The summed E-state index contributed by atoms with van der Waals surface area (Å²) in [7, 11) is 1.69. The lowest BCUT2D eigenvalue weighted by molar-refractivity contribution is 0.145. The molecular formula is C25H33N3O3. The number of likely N-dealkylation sites (tertiary alicyclic amines) is 2. The first-order valence-corrected chi connectivity index (χ1v) is 11.2. The SMILES string of the molecule is COCCCOc1ccc(NC(=O)N2CC3CC2CN3CCc2ccccc2C)cc1. The highest BCUT2D eigenvalue weighted by atomic mass is 16.5. The molecule has 166 valence electrons. The molecule has 31 heavy (non-hydrogen) atoms. The van der Waals surface area contributed by atoms with E-state index in [2.05, 4.69) is 41.4 Å². The fourth-order valence-corrected chi connectivity index (χ4v) is 4.65. The first-order chi connectivity index (χ1) is 15.1. The second-order valence-electron chi connectivity index (χ2n) is 8.52. The van der Waals surface area contributed by atoms with Crippen LogP contribution in [0.3, 0.4) is 0 Å². The number of fused-ring (bicyclic) bond motifs is 2. The number of carbonyl (C=O) groups is 1. The predicted octanol–water partition coefficient (Wildman–Crippen LogP) is 3.94. The van der Waals surface area contributed by atoms with Crippen LogP contribution in [0.4, 0.5) is 10.5 Å². The summed E-state index contributed by atoms with van der Waals surface area (Å²) < 4.78 is 10.7. The van der Waals surface area contributed by atoms with Gasteiger partial charge >= 0.3 is 6.03 Å². The van der Waals surface area contributed by atoms with Gasteiger partial charge in [0.05, 0.1) is 6.61 Å². The fourth-order valence-electron chi connectivity index (χ4n) is 4.65. The second-order valence-corrected chi connectivity index (χ2v) is 8.52. The number of amides is 2. The number of carbonyl (C=O) groups excluding carboxylic acids is 1. The quantitative estimate of drug-likeness (QED) is 0.621. The van der Waals surface area contributed by atoms with Crippen molar-refractivity contribution < 1.29 is 14.3 Å². The Morgan fingerprint density at radius 2 is 1.87 bits per heavy atom. The summed E-state index contributed by atoms with van der Waals surface area (Å²) >= 11 is 0. The Bertz CT molecular complexity index is 871. The van der Waals surface area contributed by atoms with Crippen LogP contribution in [-0.2, 0) is 11.2 Å². The third-order valence-corrected chi connectivity index (χ3v) is 6.41. The largest absolute Gasteiger partial charge is 0.494 e. The van der Waals surface area contributed by atoms with E-state index in [4.69, 9.17) is 9.47 Å². The molecule has 0 saturated carbocycles. The molecule has 6 nitrogen and oxygen atoms in total. The zero-order chi connectivity index (χ0) is 21.6. The van der Waals surface area contributed by atoms with Crippen LogP contribution in [0, 0.1) is 6.92 Å². The minimum atomic E-state index is -0.000170. The van der Waals surface area contributed by atoms with Gasteiger partial charge in [-0.05, 0) is 55.2 Å². The molecule has 2 aliphatic rings. The first-order valence-electron chi connectivity index (χ1n) is 11.2. The molecule has 2 unspecified atom stereocenters. The van der Waals surface area contributed by atoms with Crippen molar-refractivity contribution in [3.63, 3.8) is 0 Å². The standard InChI is InChI=1S/C25H33N3O3/c1-19-6-3-4-7-20(19)12-13-27-17-23-16-22(27)18-28(23)25(29)26-21-8-10-24(11-9-21)31-15-5-14-30-2/h3-4,6-11,22-23H,5,12-18H2,1-2H3,(H,26,29). The normalized spacial score (nSPS) is 20.3. The Kier molecular flexibility index (Phi) is 7.10. The van der Waals surface area contributed by atoms with Crippen LogP contribution >= 0.6 is 0 Å². The van der Waals surface area contributed by atoms with Crippen LogP contribution < -0.4 is 10.1 Å². The van der Waals surface area contributed by atoms with Crippen molar-refractivity contribution in [1.82, 2.24) is 9.80 Å². The van der Waals surface area contributed by atoms with Crippen molar-refractivity contribution in [2.75, 3.05) is 45.3 Å². The zero-order valence-electron chi connectivity index (χ0n) is 18.5. The van der Waals surface area contributed by atoms with Gasteiger partial charge in [-0.25, -0.2) is 4.79 Å². The van der Waals surface area contributed by atoms with Gasteiger partial charge in [0.25, 0.3) is 0 Å². The third-order valence-electron chi connectivity index (χ3n) is 6.41. The van der Waals surface area contributed by atoms with Crippen LogP contribution in [-0.4, -0.2) is 67.9 Å². The topological polar surface area (TPSA) is 54.0 Å². The lowest BCUT2D eigenvalue weighted by Gasteiger charge is -2.34. The highest BCUT2D eigenvalue weighted by Crippen LogP contribution is 2.31. The molecule has 0 aromatic heterocycles. The fraction of sp³-hybridized carbons (Fsp3) is 0.480. The number of aryl methyl sites for hydroxylation is 1. The molecule has 1 N–H and O–H groups in total. The first kappa shape index (κ1) is 21.7. The van der Waals surface area contributed by atoms with E-state index in [-0.39, 0.29) is 6.03 Å². The summed E-state index contributed by atoms with van der Waals surface area (Å²) in [5, 5.41) is 3.05. The number of nitrogens with one attached hydrogen (secondary N) is 1. The van der Waals surface area contributed by atoms with Gasteiger partial charge in [0.1, 0.15) is 5.75 Å². The van der Waals surface area contributed by atoms with E-state index in [1.165, 1.54) is 11.1 Å². The molecule has 2 aromatic carbocycles. The van der Waals surface area contributed by atoms with Gasteiger partial charge in [-0.2, -0.15) is 0 Å². The molecule has 4 rings (SSSR count). The maximum atomic E-state index is 12.8.